The second-order valence-electron chi connectivity index (χ2n) is 4.50. The van der Waals surface area contributed by atoms with Crippen LogP contribution in [0.3, 0.4) is 0 Å². The molecule has 0 aromatic heterocycles. The van der Waals surface area contributed by atoms with Crippen LogP contribution in [-0.2, 0) is 12.7 Å². The Kier molecular flexibility index (Phi) is 5.13. The van der Waals surface area contributed by atoms with Crippen LogP contribution in [0.1, 0.15) is 21.5 Å². The number of hydrogen-bond donors (Lipinski definition) is 1. The van der Waals surface area contributed by atoms with Crippen molar-refractivity contribution in [3.63, 3.8) is 0 Å². The largest absolute Gasteiger partial charge is 0.416 e. The van der Waals surface area contributed by atoms with Crippen molar-refractivity contribution in [3.8, 4) is 0 Å². The van der Waals surface area contributed by atoms with Crippen molar-refractivity contribution in [2.24, 2.45) is 0 Å². The zero-order chi connectivity index (χ0) is 16.3. The lowest BCUT2D eigenvalue weighted by Gasteiger charge is -2.09. The maximum absolute atomic E-state index is 12.4. The third-order valence-corrected chi connectivity index (χ3v) is 3.72. The fraction of sp³-hybridized carbons (Fsp3) is 0.133. The summed E-state index contributed by atoms with van der Waals surface area (Å²) in [6.07, 6.45) is -4.37. The van der Waals surface area contributed by atoms with Gasteiger partial charge in [-0.25, -0.2) is 0 Å². The molecule has 1 amide bonds. The average Bonchev–Trinajstić information content (AvgIpc) is 2.44. The van der Waals surface area contributed by atoms with Gasteiger partial charge in [0.2, 0.25) is 0 Å². The van der Waals surface area contributed by atoms with Crippen LogP contribution in [-0.4, -0.2) is 5.91 Å². The van der Waals surface area contributed by atoms with Crippen LogP contribution in [0.15, 0.2) is 46.9 Å². The van der Waals surface area contributed by atoms with Crippen LogP contribution in [0.5, 0.6) is 0 Å². The fourth-order valence-electron chi connectivity index (χ4n) is 1.76. The third kappa shape index (κ3) is 4.24. The summed E-state index contributed by atoms with van der Waals surface area (Å²) >= 11 is 9.20. The Morgan fingerprint density at radius 3 is 2.32 bits per heavy atom. The lowest BCUT2D eigenvalue weighted by Crippen LogP contribution is -2.23. The molecule has 2 aromatic rings. The van der Waals surface area contributed by atoms with Crippen LogP contribution in [0.4, 0.5) is 13.2 Å². The summed E-state index contributed by atoms with van der Waals surface area (Å²) in [4.78, 5) is 12.0. The Bertz CT molecular complexity index is 686. The topological polar surface area (TPSA) is 29.1 Å². The molecule has 2 rings (SSSR count). The van der Waals surface area contributed by atoms with E-state index < -0.39 is 17.6 Å². The van der Waals surface area contributed by atoms with Crippen molar-refractivity contribution >= 4 is 33.4 Å². The van der Waals surface area contributed by atoms with E-state index in [4.69, 9.17) is 11.6 Å². The third-order valence-electron chi connectivity index (χ3n) is 2.91. The molecule has 0 atom stereocenters. The number of benzene rings is 2. The molecule has 0 saturated heterocycles. The maximum atomic E-state index is 12.4. The van der Waals surface area contributed by atoms with E-state index in [9.17, 15) is 18.0 Å². The maximum Gasteiger partial charge on any atom is 0.416 e. The van der Waals surface area contributed by atoms with Gasteiger partial charge in [0.05, 0.1) is 16.1 Å². The summed E-state index contributed by atoms with van der Waals surface area (Å²) in [5, 5.41) is 2.90. The molecule has 0 fully saturated rings. The molecule has 0 aliphatic rings. The quantitative estimate of drug-likeness (QED) is 0.778. The van der Waals surface area contributed by atoms with Crippen molar-refractivity contribution in [2.45, 2.75) is 12.7 Å². The molecular weight excluding hydrogens is 383 g/mol. The van der Waals surface area contributed by atoms with Crippen molar-refractivity contribution in [2.75, 3.05) is 0 Å². The molecule has 7 heteroatoms. The number of carbonyl (C=O) groups is 1. The highest BCUT2D eigenvalue weighted by Gasteiger charge is 2.29. The molecule has 1 N–H and O–H groups in total. The first-order valence-electron chi connectivity index (χ1n) is 6.17. The van der Waals surface area contributed by atoms with Crippen LogP contribution in [0.2, 0.25) is 5.02 Å². The highest BCUT2D eigenvalue weighted by molar-refractivity contribution is 9.10. The number of carbonyl (C=O) groups excluding carboxylic acids is 1. The van der Waals surface area contributed by atoms with Gasteiger partial charge >= 0.3 is 6.18 Å². The summed E-state index contributed by atoms with van der Waals surface area (Å²) in [7, 11) is 0. The van der Waals surface area contributed by atoms with Gasteiger partial charge in [0.25, 0.3) is 5.91 Å². The first kappa shape index (κ1) is 16.8. The SMILES string of the molecule is O=C(NCc1ccc(C(F)(F)F)cc1)c1ccc(Br)cc1Cl. The summed E-state index contributed by atoms with van der Waals surface area (Å²) in [6, 6.07) is 9.45. The van der Waals surface area contributed by atoms with E-state index >= 15 is 0 Å². The Balaban J connectivity index is 2.02. The summed E-state index contributed by atoms with van der Waals surface area (Å²) in [5.41, 5.74) is 0.143. The van der Waals surface area contributed by atoms with Gasteiger partial charge in [0.15, 0.2) is 0 Å². The van der Waals surface area contributed by atoms with Gasteiger partial charge in [-0.15, -0.1) is 0 Å². The smallest absolute Gasteiger partial charge is 0.348 e. The minimum absolute atomic E-state index is 0.114. The van der Waals surface area contributed by atoms with Gasteiger partial charge in [-0.3, -0.25) is 4.79 Å². The lowest BCUT2D eigenvalue weighted by molar-refractivity contribution is -0.137. The summed E-state index contributed by atoms with van der Waals surface area (Å²) in [6.45, 7) is 0.114. The van der Waals surface area contributed by atoms with Gasteiger partial charge in [-0.05, 0) is 35.9 Å². The molecule has 116 valence electrons. The second kappa shape index (κ2) is 6.71. The van der Waals surface area contributed by atoms with Gasteiger partial charge in [0.1, 0.15) is 0 Å². The molecule has 0 bridgehead atoms. The van der Waals surface area contributed by atoms with Crippen molar-refractivity contribution in [1.82, 2.24) is 5.32 Å². The van der Waals surface area contributed by atoms with Crippen molar-refractivity contribution < 1.29 is 18.0 Å². The van der Waals surface area contributed by atoms with Crippen LogP contribution < -0.4 is 5.32 Å². The van der Waals surface area contributed by atoms with Crippen LogP contribution >= 0.6 is 27.5 Å². The second-order valence-corrected chi connectivity index (χ2v) is 5.82. The van der Waals surface area contributed by atoms with Crippen molar-refractivity contribution in [3.05, 3.63) is 68.7 Å². The minimum atomic E-state index is -4.37. The number of halogens is 5. The fourth-order valence-corrected chi connectivity index (χ4v) is 2.52. The van der Waals surface area contributed by atoms with E-state index in [1.165, 1.54) is 12.1 Å². The number of rotatable bonds is 3. The predicted octanol–water partition coefficient (Wildman–Crippen LogP) is 5.05. The monoisotopic (exact) mass is 391 g/mol. The van der Waals surface area contributed by atoms with E-state index in [0.717, 1.165) is 16.6 Å². The molecule has 2 nitrogen and oxygen atoms in total. The molecule has 0 spiro atoms. The number of nitrogens with one attached hydrogen (secondary N) is 1. The molecule has 0 unspecified atom stereocenters. The zero-order valence-electron chi connectivity index (χ0n) is 11.0. The Morgan fingerprint density at radius 1 is 1.14 bits per heavy atom. The molecule has 0 radical (unpaired) electrons. The molecule has 0 aliphatic heterocycles. The Labute approximate surface area is 138 Å². The van der Waals surface area contributed by atoms with E-state index in [-0.39, 0.29) is 6.54 Å². The summed E-state index contributed by atoms with van der Waals surface area (Å²) in [5.74, 6) is -0.391. The lowest BCUT2D eigenvalue weighted by atomic mass is 10.1. The first-order chi connectivity index (χ1) is 10.3. The van der Waals surface area contributed by atoms with Gasteiger partial charge < -0.3 is 5.32 Å². The molecule has 2 aromatic carbocycles. The van der Waals surface area contributed by atoms with Gasteiger partial charge in [0, 0.05) is 11.0 Å². The Morgan fingerprint density at radius 2 is 1.77 bits per heavy atom. The average molecular weight is 393 g/mol. The standard InChI is InChI=1S/C15H10BrClF3NO/c16-11-5-6-12(13(17)7-11)14(22)21-8-9-1-3-10(4-2-9)15(18,19)20/h1-7H,8H2,(H,21,22). The highest BCUT2D eigenvalue weighted by atomic mass is 79.9. The first-order valence-corrected chi connectivity index (χ1v) is 7.34. The molecule has 22 heavy (non-hydrogen) atoms. The van der Waals surface area contributed by atoms with E-state index in [2.05, 4.69) is 21.2 Å². The molecule has 0 heterocycles. The Hall–Kier alpha value is -1.53. The van der Waals surface area contributed by atoms with Crippen LogP contribution in [0, 0.1) is 0 Å². The highest BCUT2D eigenvalue weighted by Crippen LogP contribution is 2.29. The zero-order valence-corrected chi connectivity index (χ0v) is 13.4. The predicted molar refractivity (Wildman–Crippen MR) is 81.8 cm³/mol. The normalized spacial score (nSPS) is 11.3. The molecular formula is C15H10BrClF3NO. The van der Waals surface area contributed by atoms with Gasteiger partial charge in [-0.1, -0.05) is 39.7 Å². The van der Waals surface area contributed by atoms with E-state index in [1.807, 2.05) is 0 Å². The summed E-state index contributed by atoms with van der Waals surface area (Å²) < 4.78 is 38.1. The van der Waals surface area contributed by atoms with E-state index in [0.29, 0.717) is 16.1 Å². The minimum Gasteiger partial charge on any atom is -0.348 e. The number of alkyl halides is 3. The number of hydrogen-bond acceptors (Lipinski definition) is 1. The molecule has 0 saturated carbocycles. The van der Waals surface area contributed by atoms with E-state index in [1.54, 1.807) is 18.2 Å². The van der Waals surface area contributed by atoms with Crippen molar-refractivity contribution in [1.29, 1.82) is 0 Å². The van der Waals surface area contributed by atoms with Crippen LogP contribution in [0.25, 0.3) is 0 Å². The van der Waals surface area contributed by atoms with Gasteiger partial charge in [-0.2, -0.15) is 13.2 Å². The molecule has 0 aliphatic carbocycles. The number of amides is 1.